The zero-order valence-corrected chi connectivity index (χ0v) is 12.1. The Hall–Kier alpha value is -2.08. The molecular weight excluding hydrogens is 270 g/mol. The van der Waals surface area contributed by atoms with E-state index in [1.165, 1.54) is 0 Å². The quantitative estimate of drug-likeness (QED) is 0.753. The number of rotatable bonds is 5. The zero-order chi connectivity index (χ0) is 15.1. The van der Waals surface area contributed by atoms with Gasteiger partial charge in [-0.2, -0.15) is 0 Å². The van der Waals surface area contributed by atoms with E-state index >= 15 is 0 Å². The van der Waals surface area contributed by atoms with Crippen LogP contribution in [0.15, 0.2) is 24.3 Å². The molecule has 3 N–H and O–H groups in total. The molecule has 0 bridgehead atoms. The molecule has 114 valence electrons. The van der Waals surface area contributed by atoms with Crippen LogP contribution in [-0.2, 0) is 9.59 Å². The maximum atomic E-state index is 12.1. The summed E-state index contributed by atoms with van der Waals surface area (Å²) in [7, 11) is 1.56. The number of hydrogen-bond donors (Lipinski definition) is 3. The molecular formula is C15H21N3O3. The Morgan fingerprint density at radius 3 is 2.95 bits per heavy atom. The number of anilines is 1. The second kappa shape index (κ2) is 7.64. The van der Waals surface area contributed by atoms with E-state index in [0.29, 0.717) is 11.4 Å². The number of likely N-dealkylation sites (N-methyl/N-ethyl adjacent to an activating group) is 1. The SMILES string of the molecule is CNC(=O)COc1cccc(NC(=O)[C@H]2CCCCN2)c1. The highest BCUT2D eigenvalue weighted by Gasteiger charge is 2.20. The van der Waals surface area contributed by atoms with Crippen molar-refractivity contribution in [1.82, 2.24) is 10.6 Å². The monoisotopic (exact) mass is 291 g/mol. The summed E-state index contributed by atoms with van der Waals surface area (Å²) in [6.07, 6.45) is 3.05. The normalized spacial score (nSPS) is 17.9. The van der Waals surface area contributed by atoms with Crippen LogP contribution in [0.3, 0.4) is 0 Å². The molecule has 0 unspecified atom stereocenters. The second-order valence-corrected chi connectivity index (χ2v) is 4.98. The van der Waals surface area contributed by atoms with Gasteiger partial charge in [-0.25, -0.2) is 0 Å². The van der Waals surface area contributed by atoms with E-state index in [-0.39, 0.29) is 24.5 Å². The van der Waals surface area contributed by atoms with Crippen molar-refractivity contribution in [1.29, 1.82) is 0 Å². The van der Waals surface area contributed by atoms with Crippen LogP contribution in [0.5, 0.6) is 5.75 Å². The Kier molecular flexibility index (Phi) is 5.57. The molecule has 0 aliphatic carbocycles. The Bertz CT molecular complexity index is 499. The highest BCUT2D eigenvalue weighted by Crippen LogP contribution is 2.18. The highest BCUT2D eigenvalue weighted by molar-refractivity contribution is 5.95. The van der Waals surface area contributed by atoms with Crippen LogP contribution in [0.25, 0.3) is 0 Å². The summed E-state index contributed by atoms with van der Waals surface area (Å²) in [5, 5.41) is 8.56. The number of benzene rings is 1. The first-order valence-corrected chi connectivity index (χ1v) is 7.17. The molecule has 1 aliphatic heterocycles. The van der Waals surface area contributed by atoms with Gasteiger partial charge in [0.15, 0.2) is 6.61 Å². The minimum atomic E-state index is -0.198. The van der Waals surface area contributed by atoms with Crippen LogP contribution in [0.1, 0.15) is 19.3 Å². The lowest BCUT2D eigenvalue weighted by molar-refractivity contribution is -0.122. The van der Waals surface area contributed by atoms with E-state index in [1.54, 1.807) is 31.3 Å². The average Bonchev–Trinajstić information content (AvgIpc) is 2.53. The van der Waals surface area contributed by atoms with Gasteiger partial charge in [0.05, 0.1) is 6.04 Å². The van der Waals surface area contributed by atoms with Crippen LogP contribution in [-0.4, -0.2) is 38.1 Å². The van der Waals surface area contributed by atoms with Crippen molar-refractivity contribution in [3.63, 3.8) is 0 Å². The molecule has 6 nitrogen and oxygen atoms in total. The molecule has 1 saturated heterocycles. The fourth-order valence-corrected chi connectivity index (χ4v) is 2.19. The fraction of sp³-hybridized carbons (Fsp3) is 0.467. The number of nitrogens with one attached hydrogen (secondary N) is 3. The molecule has 2 rings (SSSR count). The number of piperidine rings is 1. The van der Waals surface area contributed by atoms with Crippen LogP contribution in [0, 0.1) is 0 Å². The van der Waals surface area contributed by atoms with Crippen molar-refractivity contribution in [3.05, 3.63) is 24.3 Å². The van der Waals surface area contributed by atoms with Gasteiger partial charge in [0.2, 0.25) is 5.91 Å². The average molecular weight is 291 g/mol. The van der Waals surface area contributed by atoms with Crippen molar-refractivity contribution >= 4 is 17.5 Å². The predicted molar refractivity (Wildman–Crippen MR) is 80.3 cm³/mol. The zero-order valence-electron chi connectivity index (χ0n) is 12.1. The molecule has 1 aromatic rings. The third-order valence-corrected chi connectivity index (χ3v) is 3.38. The van der Waals surface area contributed by atoms with Crippen molar-refractivity contribution in [3.8, 4) is 5.75 Å². The molecule has 1 aromatic carbocycles. The van der Waals surface area contributed by atoms with Gasteiger partial charge in [-0.1, -0.05) is 12.5 Å². The van der Waals surface area contributed by atoms with E-state index in [2.05, 4.69) is 16.0 Å². The van der Waals surface area contributed by atoms with Gasteiger partial charge in [0.25, 0.3) is 5.91 Å². The van der Waals surface area contributed by atoms with Gasteiger partial charge in [-0.15, -0.1) is 0 Å². The molecule has 1 heterocycles. The largest absolute Gasteiger partial charge is 0.484 e. The molecule has 0 aromatic heterocycles. The number of hydrogen-bond acceptors (Lipinski definition) is 4. The van der Waals surface area contributed by atoms with Crippen LogP contribution in [0.2, 0.25) is 0 Å². The minimum absolute atomic E-state index is 0.0295. The van der Waals surface area contributed by atoms with Crippen LogP contribution >= 0.6 is 0 Å². The van der Waals surface area contributed by atoms with Crippen molar-refractivity contribution in [2.24, 2.45) is 0 Å². The summed E-state index contributed by atoms with van der Waals surface area (Å²) in [6.45, 7) is 0.839. The van der Waals surface area contributed by atoms with E-state index in [4.69, 9.17) is 4.74 Å². The molecule has 2 amide bonds. The van der Waals surface area contributed by atoms with Gasteiger partial charge in [-0.05, 0) is 31.5 Å². The summed E-state index contributed by atoms with van der Waals surface area (Å²) in [6, 6.07) is 6.91. The van der Waals surface area contributed by atoms with Crippen LogP contribution < -0.4 is 20.7 Å². The van der Waals surface area contributed by atoms with Crippen molar-refractivity contribution in [2.45, 2.75) is 25.3 Å². The first-order valence-electron chi connectivity index (χ1n) is 7.17. The van der Waals surface area contributed by atoms with Gasteiger partial charge >= 0.3 is 0 Å². The molecule has 0 spiro atoms. The van der Waals surface area contributed by atoms with Crippen molar-refractivity contribution < 1.29 is 14.3 Å². The maximum Gasteiger partial charge on any atom is 0.257 e. The topological polar surface area (TPSA) is 79.5 Å². The van der Waals surface area contributed by atoms with Gasteiger partial charge in [0, 0.05) is 18.8 Å². The summed E-state index contributed by atoms with van der Waals surface area (Å²) in [5.41, 5.74) is 0.668. The number of amides is 2. The number of carbonyl (C=O) groups excluding carboxylic acids is 2. The molecule has 21 heavy (non-hydrogen) atoms. The summed E-state index contributed by atoms with van der Waals surface area (Å²) in [4.78, 5) is 23.3. The number of carbonyl (C=O) groups is 2. The standard InChI is InChI=1S/C15H21N3O3/c1-16-14(19)10-21-12-6-4-5-11(9-12)18-15(20)13-7-2-3-8-17-13/h4-6,9,13,17H,2-3,7-8,10H2,1H3,(H,16,19)(H,18,20)/t13-/m1/s1. The third-order valence-electron chi connectivity index (χ3n) is 3.38. The Morgan fingerprint density at radius 2 is 2.24 bits per heavy atom. The predicted octanol–water partition coefficient (Wildman–Crippen LogP) is 0.892. The molecule has 1 aliphatic rings. The fourth-order valence-electron chi connectivity index (χ4n) is 2.19. The van der Waals surface area contributed by atoms with Crippen molar-refractivity contribution in [2.75, 3.05) is 25.5 Å². The summed E-state index contributed by atoms with van der Waals surface area (Å²) >= 11 is 0. The van der Waals surface area contributed by atoms with E-state index < -0.39 is 0 Å². The maximum absolute atomic E-state index is 12.1. The lowest BCUT2D eigenvalue weighted by atomic mass is 10.0. The molecule has 0 saturated carbocycles. The molecule has 1 atom stereocenters. The Balaban J connectivity index is 1.90. The lowest BCUT2D eigenvalue weighted by Gasteiger charge is -2.22. The molecule has 0 radical (unpaired) electrons. The van der Waals surface area contributed by atoms with E-state index in [9.17, 15) is 9.59 Å². The Morgan fingerprint density at radius 1 is 1.38 bits per heavy atom. The second-order valence-electron chi connectivity index (χ2n) is 4.98. The van der Waals surface area contributed by atoms with Gasteiger partial charge < -0.3 is 20.7 Å². The van der Waals surface area contributed by atoms with E-state index in [1.807, 2.05) is 0 Å². The first kappa shape index (κ1) is 15.3. The first-order chi connectivity index (χ1) is 10.2. The van der Waals surface area contributed by atoms with Gasteiger partial charge in [-0.3, -0.25) is 9.59 Å². The third kappa shape index (κ3) is 4.75. The minimum Gasteiger partial charge on any atom is -0.484 e. The number of ether oxygens (including phenoxy) is 1. The molecule has 6 heteroatoms. The van der Waals surface area contributed by atoms with Gasteiger partial charge in [0.1, 0.15) is 5.75 Å². The summed E-state index contributed by atoms with van der Waals surface area (Å²) < 4.78 is 5.35. The Labute approximate surface area is 124 Å². The van der Waals surface area contributed by atoms with Crippen LogP contribution in [0.4, 0.5) is 5.69 Å². The van der Waals surface area contributed by atoms with E-state index in [0.717, 1.165) is 25.8 Å². The molecule has 1 fully saturated rings. The lowest BCUT2D eigenvalue weighted by Crippen LogP contribution is -2.43. The highest BCUT2D eigenvalue weighted by atomic mass is 16.5. The smallest absolute Gasteiger partial charge is 0.257 e. The summed E-state index contributed by atoms with van der Waals surface area (Å²) in [5.74, 6) is 0.321.